The summed E-state index contributed by atoms with van der Waals surface area (Å²) in [6, 6.07) is 13.7. The molecule has 1 aliphatic rings. The van der Waals surface area contributed by atoms with Gasteiger partial charge >= 0.3 is 0 Å². The van der Waals surface area contributed by atoms with Gasteiger partial charge in [-0.2, -0.15) is 0 Å². The molecule has 0 unspecified atom stereocenters. The second-order valence-corrected chi connectivity index (χ2v) is 7.84. The summed E-state index contributed by atoms with van der Waals surface area (Å²) >= 11 is 5.79. The number of benzene rings is 2. The van der Waals surface area contributed by atoms with Gasteiger partial charge in [-0.1, -0.05) is 23.7 Å². The van der Waals surface area contributed by atoms with Crippen LogP contribution in [0.3, 0.4) is 0 Å². The van der Waals surface area contributed by atoms with Crippen LogP contribution < -0.4 is 14.8 Å². The van der Waals surface area contributed by atoms with E-state index < -0.39 is 10.0 Å². The van der Waals surface area contributed by atoms with Crippen molar-refractivity contribution in [2.45, 2.75) is 11.4 Å². The van der Waals surface area contributed by atoms with Crippen LogP contribution in [0.1, 0.15) is 5.56 Å². The maximum Gasteiger partial charge on any atom is 0.264 e. The van der Waals surface area contributed by atoms with Gasteiger partial charge < -0.3 is 10.1 Å². The first-order valence-electron chi connectivity index (χ1n) is 7.88. The summed E-state index contributed by atoms with van der Waals surface area (Å²) in [7, 11) is -2.07. The van der Waals surface area contributed by atoms with Gasteiger partial charge in [-0.3, -0.25) is 4.90 Å². The first-order chi connectivity index (χ1) is 12.5. The number of hydrogen-bond acceptors (Lipinski definition) is 6. The highest BCUT2D eigenvalue weighted by molar-refractivity contribution is 7.90. The van der Waals surface area contributed by atoms with Gasteiger partial charge in [0.25, 0.3) is 10.0 Å². The summed E-state index contributed by atoms with van der Waals surface area (Å²) in [5, 5.41) is 3.46. The number of sulfonamides is 1. The summed E-state index contributed by atoms with van der Waals surface area (Å²) in [6.07, 6.45) is 0. The highest BCUT2D eigenvalue weighted by atomic mass is 35.5. The third-order valence-corrected chi connectivity index (χ3v) is 5.43. The molecule has 0 radical (unpaired) electrons. The van der Waals surface area contributed by atoms with E-state index in [0.717, 1.165) is 11.3 Å². The summed E-state index contributed by atoms with van der Waals surface area (Å²) in [5.41, 5.74) is 1.12. The predicted molar refractivity (Wildman–Crippen MR) is 101 cm³/mol. The number of rotatable bonds is 5. The molecule has 1 aliphatic heterocycles. The molecular weight excluding hydrogens is 376 g/mol. The van der Waals surface area contributed by atoms with Gasteiger partial charge in [0.2, 0.25) is 5.96 Å². The van der Waals surface area contributed by atoms with Crippen LogP contribution in [0.4, 0.5) is 0 Å². The van der Waals surface area contributed by atoms with E-state index in [2.05, 4.69) is 15.0 Å². The predicted octanol–water partition coefficient (Wildman–Crippen LogP) is 2.00. The van der Waals surface area contributed by atoms with Crippen molar-refractivity contribution in [2.24, 2.45) is 4.99 Å². The molecule has 0 amide bonds. The molecule has 0 saturated heterocycles. The minimum Gasteiger partial charge on any atom is -0.497 e. The molecule has 0 aliphatic carbocycles. The van der Waals surface area contributed by atoms with Crippen molar-refractivity contribution in [1.29, 1.82) is 0 Å². The van der Waals surface area contributed by atoms with Crippen molar-refractivity contribution in [3.63, 3.8) is 0 Å². The zero-order valence-electron chi connectivity index (χ0n) is 14.1. The van der Waals surface area contributed by atoms with Crippen LogP contribution in [0.2, 0.25) is 5.02 Å². The number of guanidine groups is 1. The topological polar surface area (TPSA) is 83.0 Å². The van der Waals surface area contributed by atoms with E-state index in [-0.39, 0.29) is 10.9 Å². The number of nitrogens with zero attached hydrogens (tertiary/aromatic N) is 2. The Morgan fingerprint density at radius 3 is 2.46 bits per heavy atom. The summed E-state index contributed by atoms with van der Waals surface area (Å²) in [4.78, 5) is 6.43. The molecule has 0 spiro atoms. The molecule has 0 aromatic heterocycles. The van der Waals surface area contributed by atoms with Crippen LogP contribution in [0.25, 0.3) is 0 Å². The van der Waals surface area contributed by atoms with E-state index in [0.29, 0.717) is 24.9 Å². The zero-order valence-corrected chi connectivity index (χ0v) is 15.7. The van der Waals surface area contributed by atoms with Crippen LogP contribution in [0.15, 0.2) is 58.4 Å². The fourth-order valence-corrected chi connectivity index (χ4v) is 3.56. The average Bonchev–Trinajstić information content (AvgIpc) is 2.64. The standard InChI is InChI=1S/C17H19ClN4O3S/c1-25-15-6-2-13(3-7-15)10-22-11-19-17(20-12-22)21-26(23,24)16-8-4-14(18)5-9-16/h2-9H,10-12H2,1H3,(H2,19,20,21). The van der Waals surface area contributed by atoms with Crippen molar-refractivity contribution in [1.82, 2.24) is 14.9 Å². The lowest BCUT2D eigenvalue weighted by Gasteiger charge is -2.27. The molecule has 26 heavy (non-hydrogen) atoms. The van der Waals surface area contributed by atoms with Gasteiger partial charge in [0.15, 0.2) is 0 Å². The van der Waals surface area contributed by atoms with Crippen molar-refractivity contribution in [3.05, 3.63) is 59.1 Å². The maximum absolute atomic E-state index is 12.3. The Morgan fingerprint density at radius 2 is 1.88 bits per heavy atom. The minimum atomic E-state index is -3.70. The van der Waals surface area contributed by atoms with E-state index in [1.54, 1.807) is 7.11 Å². The molecule has 2 N–H and O–H groups in total. The highest BCUT2D eigenvalue weighted by Crippen LogP contribution is 2.15. The van der Waals surface area contributed by atoms with Crippen molar-refractivity contribution in [3.8, 4) is 5.75 Å². The number of ether oxygens (including phenoxy) is 1. The van der Waals surface area contributed by atoms with Gasteiger partial charge in [-0.25, -0.2) is 18.1 Å². The monoisotopic (exact) mass is 394 g/mol. The van der Waals surface area contributed by atoms with E-state index in [1.807, 2.05) is 29.2 Å². The molecule has 0 atom stereocenters. The van der Waals surface area contributed by atoms with E-state index >= 15 is 0 Å². The summed E-state index contributed by atoms with van der Waals surface area (Å²) < 4.78 is 32.3. The zero-order chi connectivity index (χ0) is 18.6. The second kappa shape index (κ2) is 7.94. The third kappa shape index (κ3) is 4.66. The fourth-order valence-electron chi connectivity index (χ4n) is 2.43. The quantitative estimate of drug-likeness (QED) is 0.810. The molecule has 2 aromatic carbocycles. The Balaban J connectivity index is 1.59. The molecular formula is C17H19ClN4O3S. The summed E-state index contributed by atoms with van der Waals surface area (Å²) in [5.74, 6) is 1.04. The van der Waals surface area contributed by atoms with Gasteiger partial charge in [0.05, 0.1) is 25.3 Å². The fraction of sp³-hybridized carbons (Fsp3) is 0.235. The van der Waals surface area contributed by atoms with Crippen LogP contribution in [-0.2, 0) is 16.6 Å². The number of halogens is 1. The van der Waals surface area contributed by atoms with Gasteiger partial charge in [-0.05, 0) is 42.0 Å². The largest absolute Gasteiger partial charge is 0.497 e. The van der Waals surface area contributed by atoms with E-state index in [9.17, 15) is 8.42 Å². The highest BCUT2D eigenvalue weighted by Gasteiger charge is 2.19. The van der Waals surface area contributed by atoms with Gasteiger partial charge in [0.1, 0.15) is 5.75 Å². The number of nitrogens with one attached hydrogen (secondary N) is 2. The Labute approximate surface area is 157 Å². The summed E-state index contributed by atoms with van der Waals surface area (Å²) in [6.45, 7) is 1.56. The first-order valence-corrected chi connectivity index (χ1v) is 9.74. The average molecular weight is 395 g/mol. The number of aliphatic imine (C=N–C) groups is 1. The maximum atomic E-state index is 12.3. The van der Waals surface area contributed by atoms with Crippen LogP contribution in [-0.4, -0.2) is 39.7 Å². The Hall–Kier alpha value is -2.29. The third-order valence-electron chi connectivity index (χ3n) is 3.82. The lowest BCUT2D eigenvalue weighted by Crippen LogP contribution is -2.49. The van der Waals surface area contributed by atoms with Crippen LogP contribution in [0.5, 0.6) is 5.75 Å². The second-order valence-electron chi connectivity index (χ2n) is 5.72. The molecule has 2 aromatic rings. The molecule has 0 saturated carbocycles. The van der Waals surface area contributed by atoms with Crippen molar-refractivity contribution < 1.29 is 13.2 Å². The molecule has 1 heterocycles. The Morgan fingerprint density at radius 1 is 1.19 bits per heavy atom. The Bertz CT molecular complexity index is 883. The lowest BCUT2D eigenvalue weighted by molar-refractivity contribution is 0.255. The first kappa shape index (κ1) is 18.5. The van der Waals surface area contributed by atoms with Crippen LogP contribution >= 0.6 is 11.6 Å². The van der Waals surface area contributed by atoms with E-state index in [4.69, 9.17) is 16.3 Å². The van der Waals surface area contributed by atoms with Crippen molar-refractivity contribution in [2.75, 3.05) is 20.4 Å². The van der Waals surface area contributed by atoms with E-state index in [1.165, 1.54) is 24.3 Å². The Kier molecular flexibility index (Phi) is 5.65. The van der Waals surface area contributed by atoms with Gasteiger partial charge in [-0.15, -0.1) is 0 Å². The van der Waals surface area contributed by atoms with Crippen molar-refractivity contribution >= 4 is 27.6 Å². The molecule has 3 rings (SSSR count). The molecule has 9 heteroatoms. The molecule has 138 valence electrons. The molecule has 0 bridgehead atoms. The van der Waals surface area contributed by atoms with Crippen LogP contribution in [0, 0.1) is 0 Å². The lowest BCUT2D eigenvalue weighted by atomic mass is 10.2. The smallest absolute Gasteiger partial charge is 0.264 e. The number of hydrogen-bond donors (Lipinski definition) is 2. The number of methoxy groups -OCH3 is 1. The molecule has 0 fully saturated rings. The molecule has 7 nitrogen and oxygen atoms in total. The minimum absolute atomic E-state index is 0.132. The van der Waals surface area contributed by atoms with Gasteiger partial charge in [0, 0.05) is 11.6 Å². The normalized spacial score (nSPS) is 15.1. The SMILES string of the molecule is COc1ccc(CN2CN=C(NS(=O)(=O)c3ccc(Cl)cc3)NC2)cc1.